The van der Waals surface area contributed by atoms with Gasteiger partial charge in [0.2, 0.25) is 0 Å². The van der Waals surface area contributed by atoms with Crippen LogP contribution in [-0.4, -0.2) is 45.9 Å². The van der Waals surface area contributed by atoms with Crippen molar-refractivity contribution in [2.24, 2.45) is 0 Å². The van der Waals surface area contributed by atoms with Gasteiger partial charge in [-0.1, -0.05) is 11.6 Å². The van der Waals surface area contributed by atoms with Crippen molar-refractivity contribution in [1.82, 2.24) is 14.9 Å². The van der Waals surface area contributed by atoms with Crippen molar-refractivity contribution in [3.63, 3.8) is 0 Å². The summed E-state index contributed by atoms with van der Waals surface area (Å²) in [6.07, 6.45) is 5.97. The maximum Gasteiger partial charge on any atom is 0.255 e. The first kappa shape index (κ1) is 17.0. The summed E-state index contributed by atoms with van der Waals surface area (Å²) >= 11 is 1.67. The molecule has 3 aromatic heterocycles. The summed E-state index contributed by atoms with van der Waals surface area (Å²) < 4.78 is 1.19. The molecule has 29 heavy (non-hydrogen) atoms. The molecule has 1 amide bonds. The van der Waals surface area contributed by atoms with Gasteiger partial charge >= 0.3 is 0 Å². The molecule has 1 N–H and O–H groups in total. The molecule has 6 heteroatoms. The minimum Gasteiger partial charge on any atom is -0.367 e. The van der Waals surface area contributed by atoms with E-state index in [1.807, 2.05) is 17.8 Å². The number of carbonyl (C=O) groups is 1. The number of anilines is 1. The van der Waals surface area contributed by atoms with Crippen LogP contribution in [0.5, 0.6) is 0 Å². The average molecular weight is 403 g/mol. The number of hydrogen-bond acceptors (Lipinski definition) is 4. The minimum absolute atomic E-state index is 0.0285. The van der Waals surface area contributed by atoms with Crippen molar-refractivity contribution in [2.75, 3.05) is 24.5 Å². The van der Waals surface area contributed by atoms with Crippen molar-refractivity contribution in [1.29, 1.82) is 0 Å². The summed E-state index contributed by atoms with van der Waals surface area (Å²) in [5, 5.41) is 4.30. The average Bonchev–Trinajstić information content (AvgIpc) is 3.16. The summed E-state index contributed by atoms with van der Waals surface area (Å²) in [5.74, 6) is 0.195. The zero-order chi connectivity index (χ0) is 19.6. The third-order valence-electron chi connectivity index (χ3n) is 6.46. The van der Waals surface area contributed by atoms with E-state index in [1.165, 1.54) is 16.0 Å². The first-order chi connectivity index (χ1) is 14.1. The van der Waals surface area contributed by atoms with E-state index in [0.717, 1.165) is 54.5 Å². The number of thiophene rings is 1. The van der Waals surface area contributed by atoms with E-state index in [9.17, 15) is 4.79 Å². The lowest BCUT2D eigenvalue weighted by Crippen LogP contribution is -2.57. The summed E-state index contributed by atoms with van der Waals surface area (Å²) in [5.41, 5.74) is 4.17. The Balaban J connectivity index is 1.32. The van der Waals surface area contributed by atoms with E-state index in [2.05, 4.69) is 57.0 Å². The van der Waals surface area contributed by atoms with Crippen LogP contribution in [0.3, 0.4) is 0 Å². The number of nitrogens with one attached hydrogen (secondary N) is 1. The van der Waals surface area contributed by atoms with Crippen molar-refractivity contribution in [3.8, 4) is 0 Å². The van der Waals surface area contributed by atoms with Crippen LogP contribution >= 0.6 is 11.3 Å². The molecule has 1 saturated carbocycles. The molecule has 0 atom stereocenters. The summed E-state index contributed by atoms with van der Waals surface area (Å²) in [7, 11) is 0. The Morgan fingerprint density at radius 1 is 1.17 bits per heavy atom. The highest BCUT2D eigenvalue weighted by molar-refractivity contribution is 7.17. The molecule has 5 nitrogen and oxygen atoms in total. The summed E-state index contributed by atoms with van der Waals surface area (Å²) in [4.78, 5) is 25.8. The normalized spacial score (nSPS) is 18.1. The van der Waals surface area contributed by atoms with Gasteiger partial charge in [0.05, 0.1) is 11.1 Å². The predicted octanol–water partition coefficient (Wildman–Crippen LogP) is 4.58. The second-order valence-electron chi connectivity index (χ2n) is 8.32. The first-order valence-corrected chi connectivity index (χ1v) is 11.0. The Morgan fingerprint density at radius 2 is 2.07 bits per heavy atom. The Bertz CT molecular complexity index is 1250. The lowest BCUT2D eigenvalue weighted by atomic mass is 10.0. The van der Waals surface area contributed by atoms with Crippen LogP contribution in [0.25, 0.3) is 21.1 Å². The number of carbonyl (C=O) groups excluding carboxylic acids is 1. The highest BCUT2D eigenvalue weighted by Gasteiger charge is 2.53. The van der Waals surface area contributed by atoms with Gasteiger partial charge in [-0.3, -0.25) is 4.79 Å². The molecule has 146 valence electrons. The predicted molar refractivity (Wildman–Crippen MR) is 118 cm³/mol. The second kappa shape index (κ2) is 6.07. The Labute approximate surface area is 173 Å². The van der Waals surface area contributed by atoms with Gasteiger partial charge in [0.1, 0.15) is 5.65 Å². The summed E-state index contributed by atoms with van der Waals surface area (Å²) in [6.45, 7) is 4.59. The fourth-order valence-electron chi connectivity index (χ4n) is 4.75. The lowest BCUT2D eigenvalue weighted by Gasteiger charge is -2.43. The summed E-state index contributed by atoms with van der Waals surface area (Å²) in [6, 6.07) is 10.6. The quantitative estimate of drug-likeness (QED) is 0.534. The highest BCUT2D eigenvalue weighted by atomic mass is 32.1. The molecule has 4 aromatic rings. The smallest absolute Gasteiger partial charge is 0.255 e. The Hall–Kier alpha value is -2.86. The highest BCUT2D eigenvalue weighted by Crippen LogP contribution is 2.46. The molecule has 0 bridgehead atoms. The molecule has 2 fully saturated rings. The van der Waals surface area contributed by atoms with Crippen molar-refractivity contribution < 1.29 is 4.79 Å². The van der Waals surface area contributed by atoms with E-state index in [4.69, 9.17) is 0 Å². The first-order valence-electron chi connectivity index (χ1n) is 10.1. The SMILES string of the molecule is Cc1ccc2scc(C(=O)N3CCN(c4ccnc5[nH]ccc45)CC34CC4)c2c1. The fraction of sp³-hybridized carbons (Fsp3) is 0.304. The monoisotopic (exact) mass is 402 g/mol. The lowest BCUT2D eigenvalue weighted by molar-refractivity contribution is 0.0627. The largest absolute Gasteiger partial charge is 0.367 e. The molecule has 4 heterocycles. The van der Waals surface area contributed by atoms with E-state index < -0.39 is 0 Å². The number of piperazine rings is 1. The van der Waals surface area contributed by atoms with Gasteiger partial charge in [0.15, 0.2) is 0 Å². The van der Waals surface area contributed by atoms with Crippen LogP contribution in [0.2, 0.25) is 0 Å². The van der Waals surface area contributed by atoms with Crippen molar-refractivity contribution >= 4 is 44.1 Å². The number of rotatable bonds is 2. The molecule has 0 unspecified atom stereocenters. The molecule has 0 radical (unpaired) electrons. The number of fused-ring (bicyclic) bond motifs is 2. The van der Waals surface area contributed by atoms with Gasteiger partial charge in [0, 0.05) is 58.6 Å². The fourth-order valence-corrected chi connectivity index (χ4v) is 5.66. The van der Waals surface area contributed by atoms with E-state index >= 15 is 0 Å². The number of amides is 1. The third-order valence-corrected chi connectivity index (χ3v) is 7.42. The molecule has 1 aliphatic carbocycles. The van der Waals surface area contributed by atoms with Gasteiger partial charge in [-0.2, -0.15) is 0 Å². The Morgan fingerprint density at radius 3 is 2.93 bits per heavy atom. The maximum atomic E-state index is 13.6. The number of nitrogens with zero attached hydrogens (tertiary/aromatic N) is 3. The number of pyridine rings is 1. The van der Waals surface area contributed by atoms with Gasteiger partial charge in [0.25, 0.3) is 5.91 Å². The number of H-pyrrole nitrogens is 1. The van der Waals surface area contributed by atoms with E-state index in [0.29, 0.717) is 0 Å². The maximum absolute atomic E-state index is 13.6. The topological polar surface area (TPSA) is 52.2 Å². The zero-order valence-electron chi connectivity index (χ0n) is 16.3. The zero-order valence-corrected chi connectivity index (χ0v) is 17.1. The number of aromatic nitrogens is 2. The van der Waals surface area contributed by atoms with Crippen LogP contribution in [0.1, 0.15) is 28.8 Å². The number of aryl methyl sites for hydroxylation is 1. The third kappa shape index (κ3) is 2.59. The van der Waals surface area contributed by atoms with Crippen LogP contribution in [-0.2, 0) is 0 Å². The van der Waals surface area contributed by atoms with Crippen LogP contribution < -0.4 is 4.90 Å². The number of hydrogen-bond donors (Lipinski definition) is 1. The van der Waals surface area contributed by atoms with Gasteiger partial charge in [-0.05, 0) is 44.0 Å². The molecule has 1 aliphatic heterocycles. The number of benzene rings is 1. The van der Waals surface area contributed by atoms with Gasteiger partial charge in [-0.15, -0.1) is 11.3 Å². The van der Waals surface area contributed by atoms with E-state index in [-0.39, 0.29) is 11.4 Å². The van der Waals surface area contributed by atoms with E-state index in [1.54, 1.807) is 11.3 Å². The van der Waals surface area contributed by atoms with Crippen molar-refractivity contribution in [3.05, 3.63) is 59.2 Å². The van der Waals surface area contributed by atoms with Crippen molar-refractivity contribution in [2.45, 2.75) is 25.3 Å². The van der Waals surface area contributed by atoms with Gasteiger partial charge in [-0.25, -0.2) is 4.98 Å². The molecule has 1 aromatic carbocycles. The molecule has 1 saturated heterocycles. The molecular formula is C23H22N4OS. The van der Waals surface area contributed by atoms with Gasteiger partial charge < -0.3 is 14.8 Å². The van der Waals surface area contributed by atoms with Crippen LogP contribution in [0.4, 0.5) is 5.69 Å². The second-order valence-corrected chi connectivity index (χ2v) is 9.23. The molecule has 1 spiro atoms. The van der Waals surface area contributed by atoms with Crippen LogP contribution in [0, 0.1) is 6.92 Å². The molecule has 6 rings (SSSR count). The molecule has 2 aliphatic rings. The minimum atomic E-state index is -0.0285. The Kier molecular flexibility index (Phi) is 3.56. The number of aromatic amines is 1. The molecular weight excluding hydrogens is 380 g/mol. The standard InChI is InChI=1S/C23H22N4OS/c1-15-2-3-20-17(12-15)18(13-29-20)22(28)27-11-10-26(14-23(27)6-7-23)19-5-9-25-21-16(19)4-8-24-21/h2-5,8-9,12-13H,6-7,10-11,14H2,1H3,(H,24,25). The van der Waals surface area contributed by atoms with Crippen LogP contribution in [0.15, 0.2) is 48.1 Å².